The zero-order valence-electron chi connectivity index (χ0n) is 12.9. The third-order valence-corrected chi connectivity index (χ3v) is 3.91. The molecule has 0 aromatic heterocycles. The van der Waals surface area contributed by atoms with E-state index in [0.717, 1.165) is 5.56 Å². The predicted octanol–water partition coefficient (Wildman–Crippen LogP) is 1.01. The molecule has 0 unspecified atom stereocenters. The van der Waals surface area contributed by atoms with Crippen LogP contribution in [0.1, 0.15) is 18.4 Å². The summed E-state index contributed by atoms with van der Waals surface area (Å²) >= 11 is 0. The Kier molecular flexibility index (Phi) is 5.15. The largest absolute Gasteiger partial charge is 0.477 e. The van der Waals surface area contributed by atoms with Crippen LogP contribution in [0.15, 0.2) is 18.2 Å². The number of primary amides is 1. The van der Waals surface area contributed by atoms with Crippen molar-refractivity contribution < 1.29 is 19.2 Å². The summed E-state index contributed by atoms with van der Waals surface area (Å²) in [5.41, 5.74) is 5.89. The first-order valence-corrected chi connectivity index (χ1v) is 7.33. The number of nitrogens with zero attached hydrogens (tertiary/aromatic N) is 2. The van der Waals surface area contributed by atoms with Gasteiger partial charge in [0.05, 0.1) is 4.92 Å². The maximum Gasteiger partial charge on any atom is 0.310 e. The van der Waals surface area contributed by atoms with Gasteiger partial charge in [-0.05, 0) is 31.4 Å². The molecule has 0 aliphatic carbocycles. The molecule has 0 radical (unpaired) electrons. The van der Waals surface area contributed by atoms with Crippen LogP contribution in [-0.4, -0.2) is 41.3 Å². The zero-order chi connectivity index (χ0) is 17.0. The van der Waals surface area contributed by atoms with Gasteiger partial charge in [0.2, 0.25) is 5.91 Å². The summed E-state index contributed by atoms with van der Waals surface area (Å²) in [5.74, 6) is -0.722. The summed E-state index contributed by atoms with van der Waals surface area (Å²) in [4.78, 5) is 35.2. The highest BCUT2D eigenvalue weighted by atomic mass is 16.6. The second-order valence-corrected chi connectivity index (χ2v) is 5.57. The fourth-order valence-electron chi connectivity index (χ4n) is 2.53. The quantitative estimate of drug-likeness (QED) is 0.641. The van der Waals surface area contributed by atoms with E-state index in [1.54, 1.807) is 17.9 Å². The van der Waals surface area contributed by atoms with Gasteiger partial charge >= 0.3 is 5.69 Å². The molecule has 1 fully saturated rings. The van der Waals surface area contributed by atoms with Crippen LogP contribution in [0.2, 0.25) is 0 Å². The number of ether oxygens (including phenoxy) is 1. The van der Waals surface area contributed by atoms with Gasteiger partial charge in [0.15, 0.2) is 12.4 Å². The standard InChI is InChI=1S/C15H19N3O5/c1-10-2-3-12(18(21)22)13(8-10)23-9-14(19)17-6-4-11(5-7-17)15(16)20/h2-3,8,11H,4-7,9H2,1H3,(H2,16,20). The van der Waals surface area contributed by atoms with E-state index >= 15 is 0 Å². The first kappa shape index (κ1) is 16.7. The van der Waals surface area contributed by atoms with Crippen LogP contribution in [0.5, 0.6) is 5.75 Å². The maximum absolute atomic E-state index is 12.1. The van der Waals surface area contributed by atoms with E-state index in [9.17, 15) is 19.7 Å². The van der Waals surface area contributed by atoms with Gasteiger partial charge in [-0.3, -0.25) is 19.7 Å². The minimum absolute atomic E-state index is 0.0790. The molecule has 0 saturated carbocycles. The fraction of sp³-hybridized carbons (Fsp3) is 0.467. The number of nitrogens with two attached hydrogens (primary N) is 1. The number of carbonyl (C=O) groups excluding carboxylic acids is 2. The third-order valence-electron chi connectivity index (χ3n) is 3.91. The Balaban J connectivity index is 1.94. The summed E-state index contributed by atoms with van der Waals surface area (Å²) in [6.07, 6.45) is 1.07. The number of hydrogen-bond acceptors (Lipinski definition) is 5. The Bertz CT molecular complexity index is 624. The lowest BCUT2D eigenvalue weighted by atomic mass is 9.96. The number of benzene rings is 1. The van der Waals surface area contributed by atoms with Gasteiger partial charge in [0, 0.05) is 25.1 Å². The van der Waals surface area contributed by atoms with E-state index in [4.69, 9.17) is 10.5 Å². The van der Waals surface area contributed by atoms with Crippen molar-refractivity contribution in [2.75, 3.05) is 19.7 Å². The Hall–Kier alpha value is -2.64. The molecule has 23 heavy (non-hydrogen) atoms. The summed E-state index contributed by atoms with van der Waals surface area (Å²) < 4.78 is 5.34. The smallest absolute Gasteiger partial charge is 0.310 e. The number of likely N-dealkylation sites (tertiary alicyclic amines) is 1. The molecule has 2 amide bonds. The van der Waals surface area contributed by atoms with Crippen LogP contribution in [0, 0.1) is 23.0 Å². The lowest BCUT2D eigenvalue weighted by molar-refractivity contribution is -0.385. The van der Waals surface area contributed by atoms with Crippen molar-refractivity contribution in [3.8, 4) is 5.75 Å². The van der Waals surface area contributed by atoms with E-state index in [-0.39, 0.29) is 35.8 Å². The molecule has 1 heterocycles. The molecular weight excluding hydrogens is 302 g/mol. The zero-order valence-corrected chi connectivity index (χ0v) is 12.9. The normalized spacial score (nSPS) is 15.3. The van der Waals surface area contributed by atoms with E-state index in [1.165, 1.54) is 12.1 Å². The molecule has 0 bridgehead atoms. The minimum atomic E-state index is -0.544. The average Bonchev–Trinajstić information content (AvgIpc) is 2.52. The van der Waals surface area contributed by atoms with Crippen molar-refractivity contribution in [2.45, 2.75) is 19.8 Å². The van der Waals surface area contributed by atoms with E-state index in [2.05, 4.69) is 0 Å². The first-order chi connectivity index (χ1) is 10.9. The maximum atomic E-state index is 12.1. The van der Waals surface area contributed by atoms with E-state index in [1.807, 2.05) is 0 Å². The lowest BCUT2D eigenvalue weighted by Crippen LogP contribution is -2.43. The Morgan fingerprint density at radius 2 is 2.04 bits per heavy atom. The fourth-order valence-corrected chi connectivity index (χ4v) is 2.53. The molecule has 1 aromatic carbocycles. The number of nitro benzene ring substituents is 1. The number of aryl methyl sites for hydroxylation is 1. The van der Waals surface area contributed by atoms with Crippen molar-refractivity contribution in [1.82, 2.24) is 4.90 Å². The Labute approximate surface area is 133 Å². The molecule has 1 aliphatic heterocycles. The first-order valence-electron chi connectivity index (χ1n) is 7.33. The summed E-state index contributed by atoms with van der Waals surface area (Å²) in [5, 5.41) is 11.0. The third kappa shape index (κ3) is 4.18. The van der Waals surface area contributed by atoms with Crippen molar-refractivity contribution >= 4 is 17.5 Å². The Morgan fingerprint density at radius 3 is 2.61 bits per heavy atom. The van der Waals surface area contributed by atoms with E-state index < -0.39 is 4.92 Å². The van der Waals surface area contributed by atoms with Gasteiger partial charge in [-0.15, -0.1) is 0 Å². The van der Waals surface area contributed by atoms with Gasteiger partial charge in [-0.1, -0.05) is 6.07 Å². The van der Waals surface area contributed by atoms with Crippen molar-refractivity contribution in [3.05, 3.63) is 33.9 Å². The second-order valence-electron chi connectivity index (χ2n) is 5.57. The lowest BCUT2D eigenvalue weighted by Gasteiger charge is -2.30. The SMILES string of the molecule is Cc1ccc([N+](=O)[O-])c(OCC(=O)N2CCC(C(N)=O)CC2)c1. The molecule has 1 aliphatic rings. The molecule has 1 aromatic rings. The average molecular weight is 321 g/mol. The number of hydrogen-bond donors (Lipinski definition) is 1. The van der Waals surface area contributed by atoms with Crippen LogP contribution in [0.4, 0.5) is 5.69 Å². The van der Waals surface area contributed by atoms with Gasteiger partial charge < -0.3 is 15.4 Å². The van der Waals surface area contributed by atoms with Gasteiger partial charge in [-0.25, -0.2) is 0 Å². The molecule has 2 rings (SSSR count). The molecule has 8 heteroatoms. The minimum Gasteiger partial charge on any atom is -0.477 e. The van der Waals surface area contributed by atoms with Gasteiger partial charge in [0.25, 0.3) is 5.91 Å². The number of piperidine rings is 1. The number of nitro groups is 1. The second kappa shape index (κ2) is 7.08. The highest BCUT2D eigenvalue weighted by Crippen LogP contribution is 2.27. The molecule has 1 saturated heterocycles. The molecule has 0 spiro atoms. The summed E-state index contributed by atoms with van der Waals surface area (Å²) in [7, 11) is 0. The van der Waals surface area contributed by atoms with Gasteiger partial charge in [0.1, 0.15) is 0 Å². The van der Waals surface area contributed by atoms with Crippen molar-refractivity contribution in [1.29, 1.82) is 0 Å². The molecule has 2 N–H and O–H groups in total. The highest BCUT2D eigenvalue weighted by molar-refractivity contribution is 5.79. The molecular formula is C15H19N3O5. The highest BCUT2D eigenvalue weighted by Gasteiger charge is 2.26. The topological polar surface area (TPSA) is 116 Å². The van der Waals surface area contributed by atoms with E-state index in [0.29, 0.717) is 25.9 Å². The van der Waals surface area contributed by atoms with Crippen molar-refractivity contribution in [3.63, 3.8) is 0 Å². The van der Waals surface area contributed by atoms with Gasteiger partial charge in [-0.2, -0.15) is 0 Å². The number of carbonyl (C=O) groups is 2. The monoisotopic (exact) mass is 321 g/mol. The van der Waals surface area contributed by atoms with Crippen LogP contribution < -0.4 is 10.5 Å². The van der Waals surface area contributed by atoms with Crippen LogP contribution in [-0.2, 0) is 9.59 Å². The number of amides is 2. The predicted molar refractivity (Wildman–Crippen MR) is 81.8 cm³/mol. The number of rotatable bonds is 5. The summed E-state index contributed by atoms with van der Waals surface area (Å²) in [6.45, 7) is 2.38. The van der Waals surface area contributed by atoms with Crippen LogP contribution in [0.3, 0.4) is 0 Å². The summed E-state index contributed by atoms with van der Waals surface area (Å²) in [6, 6.07) is 4.50. The molecule has 8 nitrogen and oxygen atoms in total. The van der Waals surface area contributed by atoms with Crippen LogP contribution in [0.25, 0.3) is 0 Å². The van der Waals surface area contributed by atoms with Crippen LogP contribution >= 0.6 is 0 Å². The molecule has 0 atom stereocenters. The Morgan fingerprint density at radius 1 is 1.39 bits per heavy atom. The van der Waals surface area contributed by atoms with Crippen molar-refractivity contribution in [2.24, 2.45) is 11.7 Å². The molecule has 124 valence electrons.